The van der Waals surface area contributed by atoms with E-state index in [0.717, 1.165) is 15.0 Å². The van der Waals surface area contributed by atoms with Gasteiger partial charge in [-0.3, -0.25) is 0 Å². The first kappa shape index (κ1) is 7.82. The molecule has 0 saturated carbocycles. The Kier molecular flexibility index (Phi) is 1.90. The lowest BCUT2D eigenvalue weighted by Gasteiger charge is -1.82. The molecule has 0 atom stereocenters. The van der Waals surface area contributed by atoms with Gasteiger partial charge in [-0.15, -0.1) is 11.3 Å². The van der Waals surface area contributed by atoms with Gasteiger partial charge in [-0.2, -0.15) is 0 Å². The van der Waals surface area contributed by atoms with Gasteiger partial charge in [-0.05, 0) is 22.0 Å². The third kappa shape index (κ3) is 1.37. The molecule has 12 heavy (non-hydrogen) atoms. The summed E-state index contributed by atoms with van der Waals surface area (Å²) in [5, 5.41) is 5.77. The second-order valence-electron chi connectivity index (χ2n) is 2.25. The minimum absolute atomic E-state index is 0.340. The lowest BCUT2D eigenvalue weighted by Crippen LogP contribution is -1.75. The summed E-state index contributed by atoms with van der Waals surface area (Å²) in [7, 11) is 0. The van der Waals surface area contributed by atoms with E-state index in [1.54, 1.807) is 17.4 Å². The zero-order valence-electron chi connectivity index (χ0n) is 5.95. The zero-order chi connectivity index (χ0) is 8.55. The van der Waals surface area contributed by atoms with Crippen molar-refractivity contribution in [2.75, 3.05) is 5.73 Å². The van der Waals surface area contributed by atoms with Crippen molar-refractivity contribution in [1.29, 1.82) is 0 Å². The molecule has 5 heteroatoms. The van der Waals surface area contributed by atoms with Gasteiger partial charge in [0.05, 0.1) is 3.79 Å². The van der Waals surface area contributed by atoms with Crippen LogP contribution in [0, 0.1) is 0 Å². The fraction of sp³-hybridized carbons (Fsp3) is 0. The highest BCUT2D eigenvalue weighted by molar-refractivity contribution is 9.11. The summed E-state index contributed by atoms with van der Waals surface area (Å²) in [6.07, 6.45) is 0. The molecule has 0 aliphatic heterocycles. The van der Waals surface area contributed by atoms with Gasteiger partial charge in [-0.25, -0.2) is 0 Å². The highest BCUT2D eigenvalue weighted by atomic mass is 79.9. The summed E-state index contributed by atoms with van der Waals surface area (Å²) in [6.45, 7) is 0. The van der Waals surface area contributed by atoms with Crippen LogP contribution in [-0.2, 0) is 0 Å². The molecule has 0 aromatic carbocycles. The van der Waals surface area contributed by atoms with Gasteiger partial charge in [-0.1, -0.05) is 5.16 Å². The number of rotatable bonds is 1. The highest BCUT2D eigenvalue weighted by Gasteiger charge is 2.05. The maximum Gasteiger partial charge on any atom is 0.222 e. The van der Waals surface area contributed by atoms with Crippen molar-refractivity contribution in [3.63, 3.8) is 0 Å². The number of nitrogens with two attached hydrogens (primary N) is 1. The first-order valence-electron chi connectivity index (χ1n) is 3.22. The van der Waals surface area contributed by atoms with Crippen molar-refractivity contribution in [2.24, 2.45) is 0 Å². The minimum atomic E-state index is 0.340. The van der Waals surface area contributed by atoms with E-state index in [1.807, 2.05) is 11.4 Å². The Labute approximate surface area is 81.3 Å². The van der Waals surface area contributed by atoms with E-state index in [2.05, 4.69) is 21.1 Å². The van der Waals surface area contributed by atoms with E-state index in [1.165, 1.54) is 0 Å². The molecule has 2 rings (SSSR count). The molecular weight excluding hydrogens is 240 g/mol. The van der Waals surface area contributed by atoms with Crippen molar-refractivity contribution in [3.05, 3.63) is 21.3 Å². The molecule has 2 aromatic rings. The Morgan fingerprint density at radius 3 is 2.83 bits per heavy atom. The number of hydrogen-bond acceptors (Lipinski definition) is 4. The Bertz CT molecular complexity index is 357. The highest BCUT2D eigenvalue weighted by Crippen LogP contribution is 2.28. The van der Waals surface area contributed by atoms with E-state index in [9.17, 15) is 0 Å². The van der Waals surface area contributed by atoms with Crippen LogP contribution in [0.2, 0.25) is 0 Å². The lowest BCUT2D eigenvalue weighted by atomic mass is 10.2. The number of hydrogen-bond donors (Lipinski definition) is 1. The van der Waals surface area contributed by atoms with Crippen molar-refractivity contribution < 1.29 is 4.52 Å². The Balaban J connectivity index is 2.43. The molecule has 0 spiro atoms. The summed E-state index contributed by atoms with van der Waals surface area (Å²) in [5.41, 5.74) is 7.18. The quantitative estimate of drug-likeness (QED) is 0.840. The smallest absolute Gasteiger partial charge is 0.222 e. The third-order valence-electron chi connectivity index (χ3n) is 1.39. The molecule has 2 aromatic heterocycles. The monoisotopic (exact) mass is 244 g/mol. The van der Waals surface area contributed by atoms with E-state index in [-0.39, 0.29) is 0 Å². The number of thiophene rings is 1. The van der Waals surface area contributed by atoms with Crippen LogP contribution in [0.25, 0.3) is 11.3 Å². The van der Waals surface area contributed by atoms with Gasteiger partial charge >= 0.3 is 0 Å². The summed E-state index contributed by atoms with van der Waals surface area (Å²) in [4.78, 5) is 0. The van der Waals surface area contributed by atoms with Crippen molar-refractivity contribution in [1.82, 2.24) is 5.16 Å². The molecule has 3 nitrogen and oxygen atoms in total. The number of aromatic nitrogens is 1. The molecule has 0 unspecified atom stereocenters. The molecule has 62 valence electrons. The molecule has 0 bridgehead atoms. The van der Waals surface area contributed by atoms with Gasteiger partial charge < -0.3 is 10.3 Å². The third-order valence-corrected chi connectivity index (χ3v) is 2.90. The Hall–Kier alpha value is -0.810. The number of nitrogen functional groups attached to an aromatic ring is 1. The van der Waals surface area contributed by atoms with Crippen LogP contribution >= 0.6 is 27.3 Å². The van der Waals surface area contributed by atoms with Crippen LogP contribution in [0.3, 0.4) is 0 Å². The first-order chi connectivity index (χ1) is 5.75. The van der Waals surface area contributed by atoms with Crippen LogP contribution in [0.4, 0.5) is 5.88 Å². The zero-order valence-corrected chi connectivity index (χ0v) is 8.35. The number of halogens is 1. The van der Waals surface area contributed by atoms with Crippen LogP contribution in [0.15, 0.2) is 25.8 Å². The minimum Gasteiger partial charge on any atom is -0.368 e. The summed E-state index contributed by atoms with van der Waals surface area (Å²) >= 11 is 4.97. The molecule has 0 amide bonds. The largest absolute Gasteiger partial charge is 0.368 e. The van der Waals surface area contributed by atoms with Crippen molar-refractivity contribution in [2.45, 2.75) is 0 Å². The SMILES string of the molecule is Nc1cc(-c2csc(Br)c2)no1. The topological polar surface area (TPSA) is 52.0 Å². The maximum absolute atomic E-state index is 5.39. The fourth-order valence-corrected chi connectivity index (χ4v) is 2.02. The van der Waals surface area contributed by atoms with Gasteiger partial charge in [0.2, 0.25) is 5.88 Å². The van der Waals surface area contributed by atoms with E-state index >= 15 is 0 Å². The number of nitrogens with zero attached hydrogens (tertiary/aromatic N) is 1. The summed E-state index contributed by atoms with van der Waals surface area (Å²) in [6, 6.07) is 3.68. The van der Waals surface area contributed by atoms with Crippen LogP contribution in [-0.4, -0.2) is 5.16 Å². The molecule has 0 fully saturated rings. The van der Waals surface area contributed by atoms with Crippen molar-refractivity contribution in [3.8, 4) is 11.3 Å². The van der Waals surface area contributed by atoms with E-state index in [4.69, 9.17) is 10.3 Å². The fourth-order valence-electron chi connectivity index (χ4n) is 0.870. The second-order valence-corrected chi connectivity index (χ2v) is 4.54. The van der Waals surface area contributed by atoms with Gasteiger partial charge in [0.25, 0.3) is 0 Å². The van der Waals surface area contributed by atoms with Gasteiger partial charge in [0, 0.05) is 17.0 Å². The molecular formula is C7H5BrN2OS. The molecule has 0 saturated heterocycles. The van der Waals surface area contributed by atoms with Crippen LogP contribution in [0.5, 0.6) is 0 Å². The molecule has 2 heterocycles. The first-order valence-corrected chi connectivity index (χ1v) is 4.89. The molecule has 2 N–H and O–H groups in total. The molecule has 0 radical (unpaired) electrons. The van der Waals surface area contributed by atoms with Crippen LogP contribution < -0.4 is 5.73 Å². The number of anilines is 1. The average Bonchev–Trinajstić information content (AvgIpc) is 2.58. The van der Waals surface area contributed by atoms with E-state index in [0.29, 0.717) is 5.88 Å². The molecule has 0 aliphatic carbocycles. The van der Waals surface area contributed by atoms with Crippen molar-refractivity contribution >= 4 is 33.2 Å². The summed E-state index contributed by atoms with van der Waals surface area (Å²) in [5.74, 6) is 0.340. The van der Waals surface area contributed by atoms with Gasteiger partial charge in [0.15, 0.2) is 0 Å². The predicted molar refractivity (Wildman–Crippen MR) is 51.9 cm³/mol. The standard InChI is InChI=1S/C7H5BrN2OS/c8-6-1-4(3-12-6)5-2-7(9)11-10-5/h1-3H,9H2. The van der Waals surface area contributed by atoms with Crippen LogP contribution in [0.1, 0.15) is 0 Å². The molecule has 0 aliphatic rings. The summed E-state index contributed by atoms with van der Waals surface area (Å²) < 4.78 is 5.81. The Morgan fingerprint density at radius 1 is 1.50 bits per heavy atom. The van der Waals surface area contributed by atoms with E-state index < -0.39 is 0 Å². The normalized spacial score (nSPS) is 10.4. The predicted octanol–water partition coefficient (Wildman–Crippen LogP) is 2.75. The second kappa shape index (κ2) is 2.91. The van der Waals surface area contributed by atoms with Gasteiger partial charge in [0.1, 0.15) is 5.69 Å². The Morgan fingerprint density at radius 2 is 2.33 bits per heavy atom. The lowest BCUT2D eigenvalue weighted by molar-refractivity contribution is 0.439. The average molecular weight is 245 g/mol. The maximum atomic E-state index is 5.39.